The maximum absolute atomic E-state index is 11.9. The Morgan fingerprint density at radius 1 is 1.41 bits per heavy atom. The van der Waals surface area contributed by atoms with E-state index < -0.39 is 10.0 Å². The van der Waals surface area contributed by atoms with Gasteiger partial charge in [0.15, 0.2) is 0 Å². The number of halogens is 1. The number of sulfonamides is 1. The molecule has 1 aromatic carbocycles. The predicted octanol–water partition coefficient (Wildman–Crippen LogP) is 1.79. The van der Waals surface area contributed by atoms with Gasteiger partial charge in [-0.2, -0.15) is 0 Å². The highest BCUT2D eigenvalue weighted by Crippen LogP contribution is 2.20. The van der Waals surface area contributed by atoms with E-state index in [4.69, 9.17) is 18.0 Å². The first-order valence-corrected chi connectivity index (χ1v) is 7.64. The minimum atomic E-state index is -3.47. The Hall–Kier alpha value is -0.500. The largest absolute Gasteiger partial charge is 0.393 e. The Morgan fingerprint density at radius 2 is 2.06 bits per heavy atom. The van der Waals surface area contributed by atoms with Crippen LogP contribution < -0.4 is 10.5 Å². The quantitative estimate of drug-likeness (QED) is 0.613. The summed E-state index contributed by atoms with van der Waals surface area (Å²) in [5.74, 6) is 0. The molecule has 3 N–H and O–H groups in total. The fraction of sp³-hybridized carbons (Fsp3) is 0.300. The lowest BCUT2D eigenvalue weighted by Gasteiger charge is -2.07. The van der Waals surface area contributed by atoms with Gasteiger partial charge in [0.25, 0.3) is 0 Å². The molecule has 17 heavy (non-hydrogen) atoms. The number of benzene rings is 1. The van der Waals surface area contributed by atoms with Gasteiger partial charge in [0.1, 0.15) is 0 Å². The second-order valence-electron chi connectivity index (χ2n) is 3.40. The predicted molar refractivity (Wildman–Crippen MR) is 75.3 cm³/mol. The zero-order valence-corrected chi connectivity index (χ0v) is 12.2. The number of nitrogens with one attached hydrogen (secondary N) is 1. The fourth-order valence-corrected chi connectivity index (χ4v) is 3.43. The third-order valence-corrected chi connectivity index (χ3v) is 4.70. The fourth-order valence-electron chi connectivity index (χ4n) is 1.21. The average Bonchev–Trinajstić information content (AvgIpc) is 2.24. The minimum Gasteiger partial charge on any atom is -0.393 e. The van der Waals surface area contributed by atoms with Crippen molar-refractivity contribution < 1.29 is 8.42 Å². The van der Waals surface area contributed by atoms with Gasteiger partial charge in [0.2, 0.25) is 10.0 Å². The first kappa shape index (κ1) is 14.6. The highest BCUT2D eigenvalue weighted by Gasteiger charge is 2.15. The molecule has 0 amide bonds. The molecule has 4 nitrogen and oxygen atoms in total. The van der Waals surface area contributed by atoms with Crippen LogP contribution in [0.25, 0.3) is 0 Å². The molecular weight excluding hydrogens is 324 g/mol. The molecule has 1 aromatic rings. The van der Waals surface area contributed by atoms with Gasteiger partial charge in [-0.25, -0.2) is 13.1 Å². The molecule has 0 fully saturated rings. The van der Waals surface area contributed by atoms with Gasteiger partial charge in [0.05, 0.1) is 9.88 Å². The lowest BCUT2D eigenvalue weighted by Crippen LogP contribution is -2.26. The van der Waals surface area contributed by atoms with E-state index in [2.05, 4.69) is 20.7 Å². The van der Waals surface area contributed by atoms with Crippen molar-refractivity contribution in [3.8, 4) is 0 Å². The Labute approximate surface area is 115 Å². The van der Waals surface area contributed by atoms with Crippen LogP contribution in [0.5, 0.6) is 0 Å². The first-order chi connectivity index (χ1) is 7.93. The molecule has 0 aliphatic heterocycles. The van der Waals surface area contributed by atoms with Crippen LogP contribution in [0.1, 0.15) is 12.8 Å². The van der Waals surface area contributed by atoms with Gasteiger partial charge < -0.3 is 5.73 Å². The minimum absolute atomic E-state index is 0.232. The molecule has 0 atom stereocenters. The smallest absolute Gasteiger partial charge is 0.241 e. The normalized spacial score (nSPS) is 11.4. The van der Waals surface area contributed by atoms with Crippen LogP contribution in [0.4, 0.5) is 0 Å². The lowest BCUT2D eigenvalue weighted by molar-refractivity contribution is 0.579. The molecule has 0 bridgehead atoms. The van der Waals surface area contributed by atoms with E-state index in [1.54, 1.807) is 24.3 Å². The summed E-state index contributed by atoms with van der Waals surface area (Å²) in [5.41, 5.74) is 5.32. The molecule has 0 spiro atoms. The number of rotatable bonds is 6. The van der Waals surface area contributed by atoms with Crippen molar-refractivity contribution in [2.75, 3.05) is 6.54 Å². The molecule has 1 rings (SSSR count). The van der Waals surface area contributed by atoms with Crippen LogP contribution in [0.3, 0.4) is 0 Å². The van der Waals surface area contributed by atoms with Gasteiger partial charge >= 0.3 is 0 Å². The maximum atomic E-state index is 11.9. The third kappa shape index (κ3) is 4.71. The Morgan fingerprint density at radius 3 is 2.65 bits per heavy atom. The third-order valence-electron chi connectivity index (χ3n) is 2.02. The standard InChI is InChI=1S/C10H13BrN2O2S2/c11-8-4-1-2-5-9(8)17(14,15)13-7-3-6-10(12)16/h1-2,4-5,13H,3,6-7H2,(H2,12,16). The van der Waals surface area contributed by atoms with E-state index in [-0.39, 0.29) is 4.90 Å². The summed E-state index contributed by atoms with van der Waals surface area (Å²) in [6.07, 6.45) is 1.13. The molecule has 0 heterocycles. The average molecular weight is 337 g/mol. The second kappa shape index (κ2) is 6.44. The van der Waals surface area contributed by atoms with Crippen LogP contribution in [-0.2, 0) is 10.0 Å². The first-order valence-electron chi connectivity index (χ1n) is 4.96. The summed E-state index contributed by atoms with van der Waals surface area (Å²) < 4.78 is 26.8. The topological polar surface area (TPSA) is 72.2 Å². The zero-order chi connectivity index (χ0) is 12.9. The molecule has 7 heteroatoms. The van der Waals surface area contributed by atoms with Crippen LogP contribution in [0.15, 0.2) is 33.6 Å². The van der Waals surface area contributed by atoms with Crippen molar-refractivity contribution in [3.05, 3.63) is 28.7 Å². The summed E-state index contributed by atoms with van der Waals surface area (Å²) in [6, 6.07) is 6.66. The number of hydrogen-bond acceptors (Lipinski definition) is 3. The van der Waals surface area contributed by atoms with E-state index in [0.717, 1.165) is 0 Å². The van der Waals surface area contributed by atoms with E-state index in [1.165, 1.54) is 0 Å². The van der Waals surface area contributed by atoms with E-state index in [9.17, 15) is 8.42 Å². The van der Waals surface area contributed by atoms with Crippen LogP contribution in [0, 0.1) is 0 Å². The molecule has 0 saturated carbocycles. The van der Waals surface area contributed by atoms with Crippen LogP contribution in [0.2, 0.25) is 0 Å². The highest BCUT2D eigenvalue weighted by atomic mass is 79.9. The number of nitrogens with two attached hydrogens (primary N) is 1. The van der Waals surface area contributed by atoms with Gasteiger partial charge in [-0.3, -0.25) is 0 Å². The van der Waals surface area contributed by atoms with Crippen molar-refractivity contribution in [2.45, 2.75) is 17.7 Å². The van der Waals surface area contributed by atoms with E-state index in [1.807, 2.05) is 0 Å². The Kier molecular flexibility index (Phi) is 5.51. The maximum Gasteiger partial charge on any atom is 0.241 e. The van der Waals surface area contributed by atoms with E-state index in [0.29, 0.717) is 28.8 Å². The van der Waals surface area contributed by atoms with Crippen molar-refractivity contribution in [3.63, 3.8) is 0 Å². The molecule has 0 unspecified atom stereocenters. The molecule has 0 aliphatic rings. The number of thiocarbonyl (C=S) groups is 1. The highest BCUT2D eigenvalue weighted by molar-refractivity contribution is 9.10. The summed E-state index contributed by atoms with van der Waals surface area (Å²) >= 11 is 7.91. The molecular formula is C10H13BrN2O2S2. The van der Waals surface area contributed by atoms with Gasteiger partial charge in [-0.15, -0.1) is 0 Å². The van der Waals surface area contributed by atoms with Gasteiger partial charge in [-0.1, -0.05) is 24.4 Å². The molecule has 0 aliphatic carbocycles. The summed E-state index contributed by atoms with van der Waals surface area (Å²) in [7, 11) is -3.47. The van der Waals surface area contributed by atoms with E-state index >= 15 is 0 Å². The van der Waals surface area contributed by atoms with Crippen LogP contribution >= 0.6 is 28.1 Å². The van der Waals surface area contributed by atoms with Crippen LogP contribution in [-0.4, -0.2) is 20.0 Å². The molecule has 0 saturated heterocycles. The molecule has 0 aromatic heterocycles. The Bertz CT molecular complexity index is 503. The van der Waals surface area contributed by atoms with Crippen molar-refractivity contribution in [2.24, 2.45) is 5.73 Å². The zero-order valence-electron chi connectivity index (χ0n) is 9.02. The van der Waals surface area contributed by atoms with Gasteiger partial charge in [0, 0.05) is 11.0 Å². The lowest BCUT2D eigenvalue weighted by atomic mass is 10.3. The Balaban J connectivity index is 2.64. The van der Waals surface area contributed by atoms with Crippen molar-refractivity contribution >= 4 is 43.2 Å². The van der Waals surface area contributed by atoms with Crippen molar-refractivity contribution in [1.82, 2.24) is 4.72 Å². The monoisotopic (exact) mass is 336 g/mol. The summed E-state index contributed by atoms with van der Waals surface area (Å²) in [6.45, 7) is 0.320. The SMILES string of the molecule is NC(=S)CCCNS(=O)(=O)c1ccccc1Br. The second-order valence-corrected chi connectivity index (χ2v) is 6.51. The van der Waals surface area contributed by atoms with Gasteiger partial charge in [-0.05, 0) is 40.9 Å². The molecule has 94 valence electrons. The number of hydrogen-bond donors (Lipinski definition) is 2. The summed E-state index contributed by atoms with van der Waals surface area (Å²) in [5, 5.41) is 0. The van der Waals surface area contributed by atoms with Crippen molar-refractivity contribution in [1.29, 1.82) is 0 Å². The molecule has 0 radical (unpaired) electrons. The summed E-state index contributed by atoms with van der Waals surface area (Å²) in [4.78, 5) is 0.625.